The second-order valence-corrected chi connectivity index (χ2v) is 5.20. The van der Waals surface area contributed by atoms with Gasteiger partial charge in [-0.05, 0) is 19.1 Å². The summed E-state index contributed by atoms with van der Waals surface area (Å²) in [6, 6.07) is 0.608. The second kappa shape index (κ2) is 5.59. The Labute approximate surface area is 101 Å². The predicted molar refractivity (Wildman–Crippen MR) is 68.3 cm³/mol. The number of aryl methyl sites for hydroxylation is 1. The first-order valence-electron chi connectivity index (χ1n) is 5.67. The van der Waals surface area contributed by atoms with Gasteiger partial charge in [0.05, 0.1) is 12.3 Å². The zero-order valence-corrected chi connectivity index (χ0v) is 10.7. The molecule has 16 heavy (non-hydrogen) atoms. The molecule has 0 amide bonds. The standard InChI is InChI=1S/C11H19N3OS/c1-9-7-14(10-3-6-16-8-10)11(13-9)12-4-5-15-2/h7,10H,3-6,8H2,1-2H3,(H,12,13). The molecular weight excluding hydrogens is 222 g/mol. The molecule has 1 N–H and O–H groups in total. The van der Waals surface area contributed by atoms with Crippen LogP contribution in [0.5, 0.6) is 0 Å². The number of thioether (sulfide) groups is 1. The molecule has 1 aromatic heterocycles. The maximum absolute atomic E-state index is 5.03. The smallest absolute Gasteiger partial charge is 0.203 e. The molecule has 2 heterocycles. The third-order valence-electron chi connectivity index (χ3n) is 2.74. The van der Waals surface area contributed by atoms with Crippen molar-refractivity contribution in [3.05, 3.63) is 11.9 Å². The van der Waals surface area contributed by atoms with Crippen molar-refractivity contribution in [2.24, 2.45) is 0 Å². The Morgan fingerprint density at radius 1 is 1.69 bits per heavy atom. The second-order valence-electron chi connectivity index (χ2n) is 4.05. The molecule has 0 aliphatic carbocycles. The van der Waals surface area contributed by atoms with Crippen LogP contribution in [0.2, 0.25) is 0 Å². The Hall–Kier alpha value is -0.680. The largest absolute Gasteiger partial charge is 0.383 e. The number of rotatable bonds is 5. The lowest BCUT2D eigenvalue weighted by atomic mass is 10.2. The van der Waals surface area contributed by atoms with Crippen LogP contribution in [0.25, 0.3) is 0 Å². The van der Waals surface area contributed by atoms with E-state index in [1.165, 1.54) is 17.9 Å². The summed E-state index contributed by atoms with van der Waals surface area (Å²) in [4.78, 5) is 4.51. The number of ether oxygens (including phenoxy) is 1. The minimum Gasteiger partial charge on any atom is -0.383 e. The Bertz CT molecular complexity index is 334. The van der Waals surface area contributed by atoms with Crippen molar-refractivity contribution in [3.63, 3.8) is 0 Å². The lowest BCUT2D eigenvalue weighted by Gasteiger charge is -2.14. The number of hydrogen-bond acceptors (Lipinski definition) is 4. The number of hydrogen-bond donors (Lipinski definition) is 1. The minimum atomic E-state index is 0.608. The average molecular weight is 241 g/mol. The Kier molecular flexibility index (Phi) is 4.12. The highest BCUT2D eigenvalue weighted by atomic mass is 32.2. The molecule has 0 spiro atoms. The molecule has 1 saturated heterocycles. The van der Waals surface area contributed by atoms with Crippen LogP contribution >= 0.6 is 11.8 Å². The van der Waals surface area contributed by atoms with Crippen LogP contribution in [0.15, 0.2) is 6.20 Å². The van der Waals surface area contributed by atoms with Gasteiger partial charge in [0.25, 0.3) is 0 Å². The SMILES string of the molecule is COCCNc1nc(C)cn1C1CCSC1. The van der Waals surface area contributed by atoms with Crippen molar-refractivity contribution in [3.8, 4) is 0 Å². The molecule has 1 unspecified atom stereocenters. The van der Waals surface area contributed by atoms with Crippen LogP contribution in [-0.2, 0) is 4.74 Å². The third kappa shape index (κ3) is 2.71. The Balaban J connectivity index is 2.04. The van der Waals surface area contributed by atoms with Gasteiger partial charge in [-0.15, -0.1) is 0 Å². The maximum atomic E-state index is 5.03. The van der Waals surface area contributed by atoms with E-state index in [9.17, 15) is 0 Å². The lowest BCUT2D eigenvalue weighted by Crippen LogP contribution is -2.15. The van der Waals surface area contributed by atoms with Crippen molar-refractivity contribution >= 4 is 17.7 Å². The first-order chi connectivity index (χ1) is 7.81. The van der Waals surface area contributed by atoms with Gasteiger partial charge in [-0.1, -0.05) is 0 Å². The van der Waals surface area contributed by atoms with Gasteiger partial charge < -0.3 is 14.6 Å². The molecule has 0 saturated carbocycles. The van der Waals surface area contributed by atoms with Crippen molar-refractivity contribution in [2.75, 3.05) is 37.1 Å². The fourth-order valence-corrected chi connectivity index (χ4v) is 3.14. The normalized spacial score (nSPS) is 20.2. The van der Waals surface area contributed by atoms with E-state index in [-0.39, 0.29) is 0 Å². The average Bonchev–Trinajstić information content (AvgIpc) is 2.87. The van der Waals surface area contributed by atoms with Crippen molar-refractivity contribution in [1.82, 2.24) is 9.55 Å². The van der Waals surface area contributed by atoms with Gasteiger partial charge in [-0.2, -0.15) is 11.8 Å². The highest BCUT2D eigenvalue weighted by molar-refractivity contribution is 7.99. The molecule has 0 radical (unpaired) electrons. The Morgan fingerprint density at radius 2 is 2.56 bits per heavy atom. The van der Waals surface area contributed by atoms with E-state index in [1.54, 1.807) is 7.11 Å². The summed E-state index contributed by atoms with van der Waals surface area (Å²) < 4.78 is 7.31. The molecule has 5 heteroatoms. The van der Waals surface area contributed by atoms with Crippen molar-refractivity contribution < 1.29 is 4.74 Å². The van der Waals surface area contributed by atoms with Gasteiger partial charge in [0.2, 0.25) is 5.95 Å². The lowest BCUT2D eigenvalue weighted by molar-refractivity contribution is 0.210. The summed E-state index contributed by atoms with van der Waals surface area (Å²) >= 11 is 2.02. The van der Waals surface area contributed by atoms with Crippen LogP contribution in [0.1, 0.15) is 18.2 Å². The van der Waals surface area contributed by atoms with Crippen LogP contribution < -0.4 is 5.32 Å². The Morgan fingerprint density at radius 3 is 3.25 bits per heavy atom. The molecule has 1 aliphatic heterocycles. The molecule has 1 fully saturated rings. The summed E-state index contributed by atoms with van der Waals surface area (Å²) in [6.07, 6.45) is 3.39. The third-order valence-corrected chi connectivity index (χ3v) is 3.89. The molecule has 90 valence electrons. The van der Waals surface area contributed by atoms with Gasteiger partial charge in [0.1, 0.15) is 0 Å². The molecule has 0 bridgehead atoms. The summed E-state index contributed by atoms with van der Waals surface area (Å²) in [5.41, 5.74) is 1.08. The van der Waals surface area contributed by atoms with E-state index in [2.05, 4.69) is 21.1 Å². The van der Waals surface area contributed by atoms with E-state index < -0.39 is 0 Å². The fourth-order valence-electron chi connectivity index (χ4n) is 1.93. The first kappa shape index (κ1) is 11.8. The van der Waals surface area contributed by atoms with E-state index in [0.717, 1.165) is 18.2 Å². The number of aromatic nitrogens is 2. The number of nitrogens with zero attached hydrogens (tertiary/aromatic N) is 2. The monoisotopic (exact) mass is 241 g/mol. The number of imidazole rings is 1. The summed E-state index contributed by atoms with van der Waals surface area (Å²) in [7, 11) is 1.72. The fraction of sp³-hybridized carbons (Fsp3) is 0.727. The van der Waals surface area contributed by atoms with Gasteiger partial charge in [0, 0.05) is 31.6 Å². The predicted octanol–water partition coefficient (Wildman–Crippen LogP) is 1.93. The van der Waals surface area contributed by atoms with Crippen LogP contribution in [0.4, 0.5) is 5.95 Å². The van der Waals surface area contributed by atoms with Crippen molar-refractivity contribution in [2.45, 2.75) is 19.4 Å². The number of nitrogens with one attached hydrogen (secondary N) is 1. The first-order valence-corrected chi connectivity index (χ1v) is 6.82. The van der Waals surface area contributed by atoms with Gasteiger partial charge >= 0.3 is 0 Å². The quantitative estimate of drug-likeness (QED) is 0.800. The van der Waals surface area contributed by atoms with E-state index >= 15 is 0 Å². The van der Waals surface area contributed by atoms with E-state index in [4.69, 9.17) is 4.74 Å². The maximum Gasteiger partial charge on any atom is 0.203 e. The summed E-state index contributed by atoms with van der Waals surface area (Å²) in [6.45, 7) is 3.57. The molecular formula is C11H19N3OS. The van der Waals surface area contributed by atoms with E-state index in [0.29, 0.717) is 12.6 Å². The zero-order valence-electron chi connectivity index (χ0n) is 9.90. The zero-order chi connectivity index (χ0) is 11.4. The van der Waals surface area contributed by atoms with Crippen LogP contribution in [0.3, 0.4) is 0 Å². The molecule has 1 aliphatic rings. The van der Waals surface area contributed by atoms with Crippen molar-refractivity contribution in [1.29, 1.82) is 0 Å². The highest BCUT2D eigenvalue weighted by Gasteiger charge is 2.20. The number of anilines is 1. The van der Waals surface area contributed by atoms with Crippen LogP contribution in [-0.4, -0.2) is 41.3 Å². The van der Waals surface area contributed by atoms with Gasteiger partial charge in [-0.25, -0.2) is 4.98 Å². The molecule has 2 rings (SSSR count). The number of methoxy groups -OCH3 is 1. The summed E-state index contributed by atoms with van der Waals surface area (Å²) in [5, 5.41) is 3.33. The van der Waals surface area contributed by atoms with E-state index in [1.807, 2.05) is 18.7 Å². The summed E-state index contributed by atoms with van der Waals surface area (Å²) in [5.74, 6) is 3.45. The van der Waals surface area contributed by atoms with Gasteiger partial charge in [-0.3, -0.25) is 0 Å². The molecule has 1 aromatic rings. The minimum absolute atomic E-state index is 0.608. The van der Waals surface area contributed by atoms with Gasteiger partial charge in [0.15, 0.2) is 0 Å². The topological polar surface area (TPSA) is 39.1 Å². The molecule has 0 aromatic carbocycles. The van der Waals surface area contributed by atoms with Crippen LogP contribution in [0, 0.1) is 6.92 Å². The molecule has 1 atom stereocenters. The molecule has 4 nitrogen and oxygen atoms in total. The highest BCUT2D eigenvalue weighted by Crippen LogP contribution is 2.30.